The van der Waals surface area contributed by atoms with Gasteiger partial charge in [0.05, 0.1) is 100 Å². The minimum atomic E-state index is -3.51. The Labute approximate surface area is 575 Å². The van der Waals surface area contributed by atoms with Crippen LogP contribution in [0.1, 0.15) is 128 Å². The summed E-state index contributed by atoms with van der Waals surface area (Å²) in [5, 5.41) is 77.8. The summed E-state index contributed by atoms with van der Waals surface area (Å²) >= 11 is 4.64. The van der Waals surface area contributed by atoms with Gasteiger partial charge in [0.25, 0.3) is 20.2 Å². The van der Waals surface area contributed by atoms with Crippen LogP contribution in [0.3, 0.4) is 0 Å². The fraction of sp³-hybridized carbons (Fsp3) is 0.828. The third-order valence-electron chi connectivity index (χ3n) is 11.7. The van der Waals surface area contributed by atoms with Gasteiger partial charge < -0.3 is 53.5 Å². The summed E-state index contributed by atoms with van der Waals surface area (Å²) < 4.78 is 94.4. The Balaban J connectivity index is -0.000000158. The number of nitrogens with one attached hydrogen (secondary N) is 1. The van der Waals surface area contributed by atoms with Crippen LogP contribution in [0.5, 0.6) is 0 Å². The highest BCUT2D eigenvalue weighted by Gasteiger charge is 2.39. The van der Waals surface area contributed by atoms with Crippen LogP contribution in [-0.4, -0.2) is 226 Å². The zero-order valence-electron chi connectivity index (χ0n) is 60.1. The van der Waals surface area contributed by atoms with Crippen molar-refractivity contribution in [2.45, 2.75) is 188 Å². The Kier molecular flexibility index (Phi) is 63.6. The predicted octanol–water partition coefficient (Wildman–Crippen LogP) is 8.57. The second-order valence-corrected chi connectivity index (χ2v) is 41.1. The van der Waals surface area contributed by atoms with Gasteiger partial charge in [-0.1, -0.05) is 54.7 Å². The quantitative estimate of drug-likeness (QED) is 0.00728. The number of halogens is 2. The van der Waals surface area contributed by atoms with Crippen LogP contribution in [0.2, 0.25) is 36.3 Å². The van der Waals surface area contributed by atoms with Crippen LogP contribution in [0.4, 0.5) is 9.59 Å². The number of hydroxylamine groups is 5. The lowest BCUT2D eigenvalue weighted by molar-refractivity contribution is -0.172. The highest BCUT2D eigenvalue weighted by Crippen LogP contribution is 2.38. The Bertz CT molecular complexity index is 2550. The monoisotopic (exact) mass is 1490 g/mol. The number of nitriles is 4. The van der Waals surface area contributed by atoms with E-state index in [1.165, 1.54) is 18.5 Å². The molecular weight excluding hydrogens is 1370 g/mol. The second-order valence-electron chi connectivity index (χ2n) is 25.2. The van der Waals surface area contributed by atoms with Gasteiger partial charge in [0.2, 0.25) is 9.05 Å². The van der Waals surface area contributed by atoms with Gasteiger partial charge in [-0.15, -0.1) is 16.7 Å². The van der Waals surface area contributed by atoms with Crippen molar-refractivity contribution in [3.63, 3.8) is 0 Å². The number of carbonyl (C=O) groups is 2. The van der Waals surface area contributed by atoms with Gasteiger partial charge in [0.15, 0.2) is 16.6 Å². The topological polar surface area (TPSA) is 434 Å². The van der Waals surface area contributed by atoms with Crippen LogP contribution in [-0.2, 0) is 70.5 Å². The molecule has 0 aliphatic carbocycles. The molecule has 6 N–H and O–H groups in total. The molecule has 1 aliphatic rings. The van der Waals surface area contributed by atoms with Crippen molar-refractivity contribution in [1.82, 2.24) is 15.6 Å². The lowest BCUT2D eigenvalue weighted by Crippen LogP contribution is -2.43. The average Bonchev–Trinajstić information content (AvgIpc) is 0.855. The summed E-state index contributed by atoms with van der Waals surface area (Å²) in [5.74, 6) is -0.277. The maximum Gasteiger partial charge on any atom is 0.528 e. The van der Waals surface area contributed by atoms with Crippen molar-refractivity contribution in [2.24, 2.45) is 11.8 Å². The van der Waals surface area contributed by atoms with E-state index in [1.807, 2.05) is 19.2 Å². The van der Waals surface area contributed by atoms with Crippen molar-refractivity contribution in [2.75, 3.05) is 112 Å². The van der Waals surface area contributed by atoms with E-state index in [0.717, 1.165) is 38.2 Å². The number of aliphatic hydroxyl groups excluding tert-OH is 5. The van der Waals surface area contributed by atoms with Gasteiger partial charge >= 0.3 is 12.3 Å². The molecule has 1 fully saturated rings. The lowest BCUT2D eigenvalue weighted by atomic mass is 10.1. The van der Waals surface area contributed by atoms with Gasteiger partial charge in [-0.3, -0.25) is 13.2 Å². The fourth-order valence-electron chi connectivity index (χ4n) is 4.69. The first-order valence-electron chi connectivity index (χ1n) is 29.3. The third-order valence-corrected chi connectivity index (χ3v) is 21.9. The molecule has 36 heteroatoms. The Morgan fingerprint density at radius 3 is 1.50 bits per heavy atom. The van der Waals surface area contributed by atoms with E-state index >= 15 is 0 Å². The molecule has 0 aromatic rings. The molecule has 0 amide bonds. The molecule has 1 aliphatic heterocycles. The van der Waals surface area contributed by atoms with Crippen LogP contribution in [0, 0.1) is 57.2 Å². The summed E-state index contributed by atoms with van der Waals surface area (Å²) in [7, 11) is -4.34. The standard InChI is InChI=1S/C18H42O5SSi2.C11H18N2O3.C6H10N2O.C6H9NO3S.C6H13NO3.C5H9NO2.C4H10O3.CH3ClO2S.CH3Cl/c1-17(2,3)25(8,9)21-14-12-13-16(23-24(7,19)20)15-22-26(10,11)18(4,5)6;1-9(8-12)6-7-13(5)16-10(14)15-11(2,3)4;1-8-3-2-6(4-7)5-9-8;1-6(5-7)3-4-10-11(2,8)9;1-6(2,3)9-5(8)10-7-4;6-3-5(4-8)1-2-7;5-2-1-4(7)3-6;1-5(2,3)4;1-2/h16H,12-15H2,1-11H3;1,6-7H2,2-5H3;6H,2-3,5H2,1H3;1,3-4H2,2H3;7H,1-4H3;5,7-8H,1-2,4H2;4-7H,1-3H2;1H3;1H3. The van der Waals surface area contributed by atoms with E-state index in [2.05, 4.69) is 124 Å². The number of carbonyl (C=O) groups excluding carboxylic acids is 2. The summed E-state index contributed by atoms with van der Waals surface area (Å²) in [6, 6.07) is 7.72. The smallest absolute Gasteiger partial charge is 0.427 e. The van der Waals surface area contributed by atoms with Crippen molar-refractivity contribution in [1.29, 1.82) is 21.0 Å². The molecule has 0 radical (unpaired) electrons. The minimum absolute atomic E-state index is 0.00870. The van der Waals surface area contributed by atoms with Crippen molar-refractivity contribution >= 4 is 80.5 Å². The fourth-order valence-corrected chi connectivity index (χ4v) is 7.85. The zero-order valence-corrected chi connectivity index (χ0v) is 66.0. The van der Waals surface area contributed by atoms with Crippen LogP contribution >= 0.6 is 22.3 Å². The van der Waals surface area contributed by atoms with Gasteiger partial charge in [-0.25, -0.2) is 18.0 Å². The van der Waals surface area contributed by atoms with Crippen LogP contribution in [0.25, 0.3) is 0 Å². The molecule has 29 nitrogen and oxygen atoms in total. The molecule has 1 saturated heterocycles. The molecule has 4 unspecified atom stereocenters. The average molecular weight is 1490 g/mol. The first-order chi connectivity index (χ1) is 42.4. The maximum atomic E-state index is 11.6. The highest BCUT2D eigenvalue weighted by atomic mass is 35.7. The van der Waals surface area contributed by atoms with Gasteiger partial charge in [0.1, 0.15) is 11.2 Å². The normalized spacial score (nSPS) is 14.3. The largest absolute Gasteiger partial charge is 0.528 e. The molecule has 94 heavy (non-hydrogen) atoms. The second kappa shape index (κ2) is 56.2. The maximum absolute atomic E-state index is 11.6. The predicted molar refractivity (Wildman–Crippen MR) is 369 cm³/mol. The Hall–Kier alpha value is -3.68. The van der Waals surface area contributed by atoms with Crippen molar-refractivity contribution in [3.8, 4) is 24.3 Å². The SMILES string of the molecule is C=C(C#N)CCN(C)OC(=O)OC(C)(C)C.C=C(C#N)CCOS(C)(=O)=O.CC(C)(C)[Si](C)(C)OCCCC(CO[Si](C)(C)C(C)(C)C)OS(C)(=O)=O.CCl.CN1CCC(C#N)CO1.CNOC(=O)OC(C)(C)C.CS(=O)(=O)Cl.N#CC(CO)CCO.OCCC(O)CO. The van der Waals surface area contributed by atoms with E-state index < -0.39 is 81.6 Å². The van der Waals surface area contributed by atoms with Gasteiger partial charge in [-0.05, 0) is 116 Å². The lowest BCUT2D eigenvalue weighted by Gasteiger charge is -2.37. The number of hydrogen-bond donors (Lipinski definition) is 6. The number of hydrogen-bond acceptors (Lipinski definition) is 29. The molecule has 0 aromatic carbocycles. The number of aliphatic hydroxyl groups is 5. The minimum Gasteiger partial charge on any atom is -0.427 e. The van der Waals surface area contributed by atoms with E-state index in [1.54, 1.807) is 59.7 Å². The third kappa shape index (κ3) is 82.6. The van der Waals surface area contributed by atoms with E-state index in [0.29, 0.717) is 56.8 Å². The molecule has 0 spiro atoms. The molecule has 0 aromatic heterocycles. The molecular formula is C58H117Cl2N7O22S3Si2. The summed E-state index contributed by atoms with van der Waals surface area (Å²) in [6.45, 7) is 41.6. The first-order valence-corrected chi connectivity index (χ1v) is 42.2. The summed E-state index contributed by atoms with van der Waals surface area (Å²) in [5.41, 5.74) is 1.91. The molecule has 4 atom stereocenters. The number of rotatable bonds is 25. The Morgan fingerprint density at radius 2 is 1.18 bits per heavy atom. The number of alkyl halides is 1. The van der Waals surface area contributed by atoms with Crippen LogP contribution < -0.4 is 5.48 Å². The molecule has 0 saturated carbocycles. The van der Waals surface area contributed by atoms with E-state index in [-0.39, 0.29) is 67.8 Å². The van der Waals surface area contributed by atoms with E-state index in [4.69, 9.17) is 78.8 Å². The van der Waals surface area contributed by atoms with Crippen LogP contribution in [0.15, 0.2) is 24.3 Å². The van der Waals surface area contributed by atoms with Gasteiger partial charge in [0, 0.05) is 88.7 Å². The Morgan fingerprint density at radius 1 is 0.734 bits per heavy atom. The summed E-state index contributed by atoms with van der Waals surface area (Å²) in [4.78, 5) is 36.0. The zero-order chi connectivity index (χ0) is 76.2. The summed E-state index contributed by atoms with van der Waals surface area (Å²) in [6.07, 6.45) is 5.43. The first kappa shape index (κ1) is 106. The van der Waals surface area contributed by atoms with E-state index in [9.17, 15) is 34.8 Å². The molecule has 1 heterocycles. The van der Waals surface area contributed by atoms with Crippen molar-refractivity contribution in [3.05, 3.63) is 24.3 Å². The van der Waals surface area contributed by atoms with Gasteiger partial charge in [-0.2, -0.15) is 48.4 Å². The highest BCUT2D eigenvalue weighted by molar-refractivity contribution is 8.13. The van der Waals surface area contributed by atoms with Crippen molar-refractivity contribution < 1.29 is 102 Å². The molecule has 556 valence electrons. The molecule has 1 rings (SSSR count). The number of ether oxygens (including phenoxy) is 2. The number of nitrogens with zero attached hydrogens (tertiary/aromatic N) is 6. The molecule has 0 bridgehead atoms.